The second-order valence-electron chi connectivity index (χ2n) is 6.93. The highest BCUT2D eigenvalue weighted by molar-refractivity contribution is 5.38. The van der Waals surface area contributed by atoms with Gasteiger partial charge in [0.2, 0.25) is 0 Å². The topological polar surface area (TPSA) is 26.7 Å². The molecule has 116 valence electrons. The number of nitrogens with zero attached hydrogens (tertiary/aromatic N) is 2. The van der Waals surface area contributed by atoms with Gasteiger partial charge < -0.3 is 5.11 Å². The number of phenols is 1. The third-order valence-corrected chi connectivity index (χ3v) is 5.37. The minimum atomic E-state index is 0.282. The zero-order chi connectivity index (χ0) is 15.0. The highest BCUT2D eigenvalue weighted by Gasteiger charge is 2.35. The average Bonchev–Trinajstić information content (AvgIpc) is 2.46. The van der Waals surface area contributed by atoms with Crippen molar-refractivity contribution in [1.82, 2.24) is 9.80 Å². The lowest BCUT2D eigenvalue weighted by Crippen LogP contribution is -2.58. The van der Waals surface area contributed by atoms with Crippen LogP contribution in [0, 0.1) is 6.92 Å². The van der Waals surface area contributed by atoms with Crippen LogP contribution in [-0.4, -0.2) is 46.6 Å². The molecule has 1 N–H and O–H groups in total. The van der Waals surface area contributed by atoms with Crippen molar-refractivity contribution < 1.29 is 5.11 Å². The van der Waals surface area contributed by atoms with E-state index in [-0.39, 0.29) is 6.04 Å². The molecule has 3 rings (SSSR count). The Morgan fingerprint density at radius 1 is 1.24 bits per heavy atom. The lowest BCUT2D eigenvalue weighted by atomic mass is 9.94. The standard InChI is InChI=1S/C18H28N2O/c1-13-7-8-17(18(21)10-13)15(3)20-12-16-6-4-5-9-19(16)11-14(20)2/h7-8,10,14-16,21H,4-6,9,11-12H2,1-3H3. The Bertz CT molecular complexity index is 502. The van der Waals surface area contributed by atoms with Gasteiger partial charge in [0.15, 0.2) is 0 Å². The van der Waals surface area contributed by atoms with E-state index in [1.54, 1.807) is 0 Å². The number of phenolic OH excluding ortho intramolecular Hbond substituents is 1. The summed E-state index contributed by atoms with van der Waals surface area (Å²) in [7, 11) is 0. The zero-order valence-corrected chi connectivity index (χ0v) is 13.5. The van der Waals surface area contributed by atoms with Crippen LogP contribution >= 0.6 is 0 Å². The monoisotopic (exact) mass is 288 g/mol. The van der Waals surface area contributed by atoms with Crippen molar-refractivity contribution in [3.8, 4) is 5.75 Å². The van der Waals surface area contributed by atoms with E-state index in [4.69, 9.17) is 0 Å². The predicted molar refractivity (Wildman–Crippen MR) is 86.6 cm³/mol. The molecule has 2 saturated heterocycles. The molecule has 2 aliphatic heterocycles. The summed E-state index contributed by atoms with van der Waals surface area (Å²) in [6.45, 7) is 10.2. The van der Waals surface area contributed by atoms with Crippen LogP contribution in [0.25, 0.3) is 0 Å². The lowest BCUT2D eigenvalue weighted by molar-refractivity contribution is -0.00500. The molecule has 0 spiro atoms. The van der Waals surface area contributed by atoms with Gasteiger partial charge in [-0.3, -0.25) is 9.80 Å². The maximum absolute atomic E-state index is 10.3. The molecule has 0 aromatic heterocycles. The van der Waals surface area contributed by atoms with Crippen LogP contribution in [0.2, 0.25) is 0 Å². The van der Waals surface area contributed by atoms with Gasteiger partial charge >= 0.3 is 0 Å². The minimum Gasteiger partial charge on any atom is -0.508 e. The van der Waals surface area contributed by atoms with Crippen molar-refractivity contribution >= 4 is 0 Å². The summed E-state index contributed by atoms with van der Waals surface area (Å²) >= 11 is 0. The van der Waals surface area contributed by atoms with Gasteiger partial charge in [0.1, 0.15) is 5.75 Å². The Morgan fingerprint density at radius 2 is 2.05 bits per heavy atom. The number of fused-ring (bicyclic) bond motifs is 1. The number of benzene rings is 1. The fourth-order valence-corrected chi connectivity index (χ4v) is 4.10. The summed E-state index contributed by atoms with van der Waals surface area (Å²) < 4.78 is 0. The van der Waals surface area contributed by atoms with Crippen LogP contribution in [0.1, 0.15) is 50.3 Å². The van der Waals surface area contributed by atoms with E-state index in [2.05, 4.69) is 35.8 Å². The molecule has 0 aliphatic carbocycles. The molecule has 0 saturated carbocycles. The van der Waals surface area contributed by atoms with Crippen LogP contribution in [0.15, 0.2) is 18.2 Å². The SMILES string of the molecule is Cc1ccc(C(C)N2CC3CCCCN3CC2C)c(O)c1. The van der Waals surface area contributed by atoms with E-state index >= 15 is 0 Å². The smallest absolute Gasteiger partial charge is 0.120 e. The Kier molecular flexibility index (Phi) is 4.23. The molecule has 21 heavy (non-hydrogen) atoms. The highest BCUT2D eigenvalue weighted by Crippen LogP contribution is 2.34. The van der Waals surface area contributed by atoms with Crippen LogP contribution in [0.4, 0.5) is 0 Å². The molecule has 3 heteroatoms. The van der Waals surface area contributed by atoms with E-state index < -0.39 is 0 Å². The van der Waals surface area contributed by atoms with Gasteiger partial charge in [-0.1, -0.05) is 18.6 Å². The van der Waals surface area contributed by atoms with Crippen LogP contribution in [0.5, 0.6) is 5.75 Å². The van der Waals surface area contributed by atoms with E-state index in [0.717, 1.165) is 17.7 Å². The van der Waals surface area contributed by atoms with E-state index in [1.165, 1.54) is 32.4 Å². The number of piperidine rings is 1. The van der Waals surface area contributed by atoms with Crippen molar-refractivity contribution in [2.24, 2.45) is 0 Å². The lowest BCUT2D eigenvalue weighted by Gasteiger charge is -2.49. The quantitative estimate of drug-likeness (QED) is 0.904. The highest BCUT2D eigenvalue weighted by atomic mass is 16.3. The normalized spacial score (nSPS) is 29.1. The number of hydrogen-bond acceptors (Lipinski definition) is 3. The molecule has 3 nitrogen and oxygen atoms in total. The first-order valence-electron chi connectivity index (χ1n) is 8.35. The Balaban J connectivity index is 1.78. The summed E-state index contributed by atoms with van der Waals surface area (Å²) in [6.07, 6.45) is 4.06. The third kappa shape index (κ3) is 2.95. The average molecular weight is 288 g/mol. The molecule has 3 atom stereocenters. The molecular formula is C18H28N2O. The summed E-state index contributed by atoms with van der Waals surface area (Å²) in [5.41, 5.74) is 2.19. The first-order valence-corrected chi connectivity index (χ1v) is 8.35. The fourth-order valence-electron chi connectivity index (χ4n) is 4.10. The van der Waals surface area contributed by atoms with Gasteiger partial charge in [-0.25, -0.2) is 0 Å². The van der Waals surface area contributed by atoms with Crippen LogP contribution in [0.3, 0.4) is 0 Å². The maximum atomic E-state index is 10.3. The third-order valence-electron chi connectivity index (χ3n) is 5.37. The fraction of sp³-hybridized carbons (Fsp3) is 0.667. The minimum absolute atomic E-state index is 0.282. The summed E-state index contributed by atoms with van der Waals surface area (Å²) in [6, 6.07) is 7.63. The van der Waals surface area contributed by atoms with E-state index in [9.17, 15) is 5.11 Å². The van der Waals surface area contributed by atoms with Crippen molar-refractivity contribution in [2.45, 2.75) is 58.2 Å². The summed E-state index contributed by atoms with van der Waals surface area (Å²) in [5, 5.41) is 10.3. The molecule has 2 fully saturated rings. The number of piperazine rings is 1. The maximum Gasteiger partial charge on any atom is 0.120 e. The van der Waals surface area contributed by atoms with Gasteiger partial charge in [0, 0.05) is 36.8 Å². The second kappa shape index (κ2) is 5.98. The molecular weight excluding hydrogens is 260 g/mol. The Labute approximate surface area is 128 Å². The Morgan fingerprint density at radius 3 is 2.81 bits per heavy atom. The first kappa shape index (κ1) is 14.9. The van der Waals surface area contributed by atoms with Crippen molar-refractivity contribution in [2.75, 3.05) is 19.6 Å². The van der Waals surface area contributed by atoms with E-state index in [0.29, 0.717) is 17.8 Å². The zero-order valence-electron chi connectivity index (χ0n) is 13.5. The number of hydrogen-bond donors (Lipinski definition) is 1. The summed E-state index contributed by atoms with van der Waals surface area (Å²) in [5.74, 6) is 0.445. The largest absolute Gasteiger partial charge is 0.508 e. The molecule has 1 aromatic carbocycles. The molecule has 2 heterocycles. The molecule has 2 aliphatic rings. The van der Waals surface area contributed by atoms with Gasteiger partial charge in [0.25, 0.3) is 0 Å². The predicted octanol–water partition coefficient (Wildman–Crippen LogP) is 3.32. The van der Waals surface area contributed by atoms with Gasteiger partial charge in [-0.15, -0.1) is 0 Å². The molecule has 1 aromatic rings. The number of aromatic hydroxyl groups is 1. The molecule has 0 bridgehead atoms. The second-order valence-corrected chi connectivity index (χ2v) is 6.93. The first-order chi connectivity index (χ1) is 10.1. The van der Waals surface area contributed by atoms with Gasteiger partial charge in [0.05, 0.1) is 0 Å². The number of rotatable bonds is 2. The van der Waals surface area contributed by atoms with Crippen molar-refractivity contribution in [3.63, 3.8) is 0 Å². The van der Waals surface area contributed by atoms with Crippen molar-refractivity contribution in [3.05, 3.63) is 29.3 Å². The van der Waals surface area contributed by atoms with Crippen LogP contribution < -0.4 is 0 Å². The molecule has 0 amide bonds. The molecule has 3 unspecified atom stereocenters. The summed E-state index contributed by atoms with van der Waals surface area (Å²) in [4.78, 5) is 5.25. The van der Waals surface area contributed by atoms with E-state index in [1.807, 2.05) is 13.0 Å². The molecule has 0 radical (unpaired) electrons. The van der Waals surface area contributed by atoms with Crippen LogP contribution in [-0.2, 0) is 0 Å². The Hall–Kier alpha value is -1.06. The van der Waals surface area contributed by atoms with Crippen molar-refractivity contribution in [1.29, 1.82) is 0 Å². The van der Waals surface area contributed by atoms with Gasteiger partial charge in [-0.05, 0) is 51.8 Å². The van der Waals surface area contributed by atoms with Gasteiger partial charge in [-0.2, -0.15) is 0 Å². The number of aryl methyl sites for hydroxylation is 1.